The lowest BCUT2D eigenvalue weighted by molar-refractivity contribution is -0.384. The molecule has 28 heavy (non-hydrogen) atoms. The van der Waals surface area contributed by atoms with E-state index in [1.807, 2.05) is 5.32 Å². The van der Waals surface area contributed by atoms with Gasteiger partial charge in [-0.25, -0.2) is 9.59 Å². The van der Waals surface area contributed by atoms with Crippen molar-refractivity contribution in [2.24, 2.45) is 7.05 Å². The van der Waals surface area contributed by atoms with Crippen LogP contribution >= 0.6 is 0 Å². The van der Waals surface area contributed by atoms with E-state index < -0.39 is 41.0 Å². The van der Waals surface area contributed by atoms with E-state index in [2.05, 4.69) is 4.74 Å². The van der Waals surface area contributed by atoms with Crippen molar-refractivity contribution in [1.82, 2.24) is 9.88 Å². The first-order valence-electron chi connectivity index (χ1n) is 7.73. The van der Waals surface area contributed by atoms with E-state index in [1.54, 1.807) is 19.3 Å². The second-order valence-corrected chi connectivity index (χ2v) is 5.48. The maximum absolute atomic E-state index is 12.1. The van der Waals surface area contributed by atoms with Crippen LogP contribution in [0.1, 0.15) is 31.2 Å². The van der Waals surface area contributed by atoms with Crippen molar-refractivity contribution >= 4 is 29.4 Å². The fourth-order valence-electron chi connectivity index (χ4n) is 2.21. The quantitative estimate of drug-likeness (QED) is 0.434. The predicted molar refractivity (Wildman–Crippen MR) is 92.6 cm³/mol. The number of imide groups is 1. The predicted octanol–water partition coefficient (Wildman–Crippen LogP) is 0.833. The highest BCUT2D eigenvalue weighted by Crippen LogP contribution is 2.19. The average Bonchev–Trinajstić information content (AvgIpc) is 3.10. The molecule has 0 aliphatic carbocycles. The molecule has 2 amide bonds. The number of nitro groups is 1. The number of hydrogen-bond donors (Lipinski definition) is 1. The molecule has 1 heterocycles. The number of aromatic nitrogens is 1. The van der Waals surface area contributed by atoms with Gasteiger partial charge >= 0.3 is 11.9 Å². The monoisotopic (exact) mass is 389 g/mol. The fourth-order valence-corrected chi connectivity index (χ4v) is 2.21. The van der Waals surface area contributed by atoms with Gasteiger partial charge in [0, 0.05) is 25.4 Å². The molecule has 0 aliphatic rings. The number of non-ortho nitro benzene ring substituents is 1. The first kappa shape index (κ1) is 20.3. The van der Waals surface area contributed by atoms with E-state index in [0.29, 0.717) is 0 Å². The van der Waals surface area contributed by atoms with Crippen molar-refractivity contribution in [3.8, 4) is 0 Å². The van der Waals surface area contributed by atoms with Crippen LogP contribution in [0.3, 0.4) is 0 Å². The van der Waals surface area contributed by atoms with Gasteiger partial charge in [0.1, 0.15) is 5.69 Å². The molecule has 0 aliphatic heterocycles. The summed E-state index contributed by atoms with van der Waals surface area (Å²) in [5.74, 6) is -3.55. The van der Waals surface area contributed by atoms with E-state index in [9.17, 15) is 29.3 Å². The van der Waals surface area contributed by atoms with Crippen LogP contribution in [0.5, 0.6) is 0 Å². The van der Waals surface area contributed by atoms with Crippen LogP contribution < -0.4 is 5.32 Å². The number of nitrogens with zero attached hydrogens (tertiary/aromatic N) is 2. The Balaban J connectivity index is 2.06. The molecule has 1 aromatic carbocycles. The van der Waals surface area contributed by atoms with E-state index in [4.69, 9.17) is 4.74 Å². The number of benzene rings is 1. The lowest BCUT2D eigenvalue weighted by atomic mass is 10.1. The van der Waals surface area contributed by atoms with Crippen LogP contribution in [0.2, 0.25) is 0 Å². The van der Waals surface area contributed by atoms with Crippen molar-refractivity contribution in [2.45, 2.75) is 0 Å². The normalized spacial score (nSPS) is 10.1. The van der Waals surface area contributed by atoms with Gasteiger partial charge in [0.25, 0.3) is 17.5 Å². The number of carbonyl (C=O) groups excluding carboxylic acids is 4. The Labute approximate surface area is 158 Å². The summed E-state index contributed by atoms with van der Waals surface area (Å²) in [4.78, 5) is 57.5. The molecule has 0 unspecified atom stereocenters. The summed E-state index contributed by atoms with van der Waals surface area (Å²) in [5, 5.41) is 13.0. The summed E-state index contributed by atoms with van der Waals surface area (Å²) < 4.78 is 10.7. The molecule has 0 saturated heterocycles. The van der Waals surface area contributed by atoms with Gasteiger partial charge in [-0.3, -0.25) is 25.0 Å². The van der Waals surface area contributed by atoms with Gasteiger partial charge in [-0.1, -0.05) is 0 Å². The van der Waals surface area contributed by atoms with E-state index in [1.165, 1.54) is 10.6 Å². The number of methoxy groups -OCH3 is 1. The maximum Gasteiger partial charge on any atom is 0.338 e. The molecule has 0 bridgehead atoms. The Kier molecular flexibility index (Phi) is 6.22. The minimum absolute atomic E-state index is 0.223. The zero-order valence-electron chi connectivity index (χ0n) is 14.8. The van der Waals surface area contributed by atoms with Crippen molar-refractivity contribution in [1.29, 1.82) is 0 Å². The van der Waals surface area contributed by atoms with Crippen LogP contribution in [0.4, 0.5) is 5.69 Å². The third-order valence-electron chi connectivity index (χ3n) is 3.55. The Bertz CT molecular complexity index is 963. The second-order valence-electron chi connectivity index (χ2n) is 5.48. The van der Waals surface area contributed by atoms with Gasteiger partial charge in [0.2, 0.25) is 0 Å². The number of nitrogens with one attached hydrogen (secondary N) is 1. The number of nitro benzene ring substituents is 1. The summed E-state index contributed by atoms with van der Waals surface area (Å²) in [6, 6.07) is 5.97. The first-order valence-corrected chi connectivity index (χ1v) is 7.73. The summed E-state index contributed by atoms with van der Waals surface area (Å²) >= 11 is 0. The molecule has 0 saturated carbocycles. The second kappa shape index (κ2) is 8.58. The molecule has 146 valence electrons. The number of amides is 2. The minimum Gasteiger partial charge on any atom is -0.465 e. The molecule has 0 radical (unpaired) electrons. The van der Waals surface area contributed by atoms with Crippen molar-refractivity contribution in [3.63, 3.8) is 0 Å². The summed E-state index contributed by atoms with van der Waals surface area (Å²) in [7, 11) is 2.69. The zero-order chi connectivity index (χ0) is 20.8. The summed E-state index contributed by atoms with van der Waals surface area (Å²) in [6.07, 6.45) is 1.61. The number of ether oxygens (including phenoxy) is 2. The average molecular weight is 389 g/mol. The fraction of sp³-hybridized carbons (Fsp3) is 0.176. The summed E-state index contributed by atoms with van der Waals surface area (Å²) in [6.45, 7) is -0.800. The Morgan fingerprint density at radius 1 is 1.14 bits per heavy atom. The number of esters is 2. The molecule has 0 atom stereocenters. The highest BCUT2D eigenvalue weighted by atomic mass is 16.6. The van der Waals surface area contributed by atoms with Crippen LogP contribution in [-0.4, -0.2) is 47.0 Å². The smallest absolute Gasteiger partial charge is 0.338 e. The lowest BCUT2D eigenvalue weighted by Crippen LogP contribution is -2.35. The van der Waals surface area contributed by atoms with E-state index in [-0.39, 0.29) is 16.8 Å². The Morgan fingerprint density at radius 3 is 2.32 bits per heavy atom. The first-order chi connectivity index (χ1) is 13.2. The molecule has 1 aromatic heterocycles. The molecule has 0 spiro atoms. The number of aryl methyl sites for hydroxylation is 1. The number of carbonyl (C=O) groups is 4. The molecule has 2 aromatic rings. The maximum atomic E-state index is 12.1. The molecule has 2 rings (SSSR count). The number of hydrogen-bond acceptors (Lipinski definition) is 8. The largest absolute Gasteiger partial charge is 0.465 e. The van der Waals surface area contributed by atoms with Crippen LogP contribution in [0, 0.1) is 10.1 Å². The molecule has 11 heteroatoms. The van der Waals surface area contributed by atoms with E-state index in [0.717, 1.165) is 25.3 Å². The molecule has 0 fully saturated rings. The van der Waals surface area contributed by atoms with Crippen LogP contribution in [-0.2, 0) is 21.3 Å². The minimum atomic E-state index is -1.09. The highest BCUT2D eigenvalue weighted by molar-refractivity contribution is 6.05. The van der Waals surface area contributed by atoms with Crippen molar-refractivity contribution < 1.29 is 33.6 Å². The van der Waals surface area contributed by atoms with Gasteiger partial charge in [-0.2, -0.15) is 0 Å². The third kappa shape index (κ3) is 4.78. The molecular formula is C17H15N3O8. The van der Waals surface area contributed by atoms with Gasteiger partial charge in [0.05, 0.1) is 23.2 Å². The Hall–Kier alpha value is -4.02. The van der Waals surface area contributed by atoms with Crippen LogP contribution in [0.15, 0.2) is 36.5 Å². The van der Waals surface area contributed by atoms with E-state index >= 15 is 0 Å². The Morgan fingerprint density at radius 2 is 1.79 bits per heavy atom. The van der Waals surface area contributed by atoms with Gasteiger partial charge in [-0.15, -0.1) is 0 Å². The standard InChI is InChI=1S/C17H15N3O8/c1-19-5-3-4-13(19)15(22)18-14(21)9-28-17(24)11-6-10(16(23)27-2)7-12(8-11)20(25)26/h3-8H,9H2,1-2H3,(H,18,21,22). The molecule has 11 nitrogen and oxygen atoms in total. The third-order valence-corrected chi connectivity index (χ3v) is 3.55. The highest BCUT2D eigenvalue weighted by Gasteiger charge is 2.20. The van der Waals surface area contributed by atoms with Gasteiger partial charge < -0.3 is 14.0 Å². The molecule has 1 N–H and O–H groups in total. The van der Waals surface area contributed by atoms with Gasteiger partial charge in [-0.05, 0) is 18.2 Å². The molecular weight excluding hydrogens is 374 g/mol. The SMILES string of the molecule is COC(=O)c1cc(C(=O)OCC(=O)NC(=O)c2cccn2C)cc([N+](=O)[O-])c1. The van der Waals surface area contributed by atoms with Gasteiger partial charge in [0.15, 0.2) is 6.61 Å². The van der Waals surface area contributed by atoms with Crippen LogP contribution in [0.25, 0.3) is 0 Å². The topological polar surface area (TPSA) is 147 Å². The summed E-state index contributed by atoms with van der Waals surface area (Å²) in [5.41, 5.74) is -0.859. The zero-order valence-corrected chi connectivity index (χ0v) is 14.8. The van der Waals surface area contributed by atoms with Crippen molar-refractivity contribution in [3.05, 3.63) is 63.5 Å². The van der Waals surface area contributed by atoms with Crippen molar-refractivity contribution in [2.75, 3.05) is 13.7 Å². The lowest BCUT2D eigenvalue weighted by Gasteiger charge is -2.07. The number of rotatable bonds is 6.